The highest BCUT2D eigenvalue weighted by Gasteiger charge is 2.19. The monoisotopic (exact) mass is 284 g/mol. The zero-order valence-electron chi connectivity index (χ0n) is 11.1. The van der Waals surface area contributed by atoms with Crippen molar-refractivity contribution in [3.8, 4) is 5.75 Å². The van der Waals surface area contributed by atoms with E-state index < -0.39 is 9.84 Å². The van der Waals surface area contributed by atoms with Crippen molar-refractivity contribution in [2.45, 2.75) is 13.0 Å². The van der Waals surface area contributed by atoms with Crippen LogP contribution in [0.15, 0.2) is 18.2 Å². The Kier molecular flexibility index (Phi) is 4.31. The van der Waals surface area contributed by atoms with Gasteiger partial charge in [-0.15, -0.1) is 0 Å². The summed E-state index contributed by atoms with van der Waals surface area (Å²) in [5.74, 6) is 1.22. The highest BCUT2D eigenvalue weighted by Crippen LogP contribution is 2.23. The van der Waals surface area contributed by atoms with E-state index in [-0.39, 0.29) is 5.75 Å². The highest BCUT2D eigenvalue weighted by molar-refractivity contribution is 7.91. The van der Waals surface area contributed by atoms with Crippen molar-refractivity contribution in [2.75, 3.05) is 37.4 Å². The van der Waals surface area contributed by atoms with Crippen LogP contribution >= 0.6 is 0 Å². The first-order valence-electron chi connectivity index (χ1n) is 6.35. The fourth-order valence-corrected chi connectivity index (χ4v) is 3.60. The summed E-state index contributed by atoms with van der Waals surface area (Å²) in [7, 11) is -1.26. The molecule has 1 aliphatic heterocycles. The predicted molar refractivity (Wildman–Crippen MR) is 76.0 cm³/mol. The molecule has 1 saturated heterocycles. The number of rotatable bonds is 3. The van der Waals surface area contributed by atoms with Crippen LogP contribution in [-0.4, -0.2) is 45.0 Å². The van der Waals surface area contributed by atoms with E-state index in [1.165, 1.54) is 0 Å². The molecule has 2 rings (SSSR count). The minimum atomic E-state index is -2.85. The summed E-state index contributed by atoms with van der Waals surface area (Å²) in [5.41, 5.74) is 7.57. The van der Waals surface area contributed by atoms with Crippen LogP contribution in [0.3, 0.4) is 0 Å². The summed E-state index contributed by atoms with van der Waals surface area (Å²) in [5, 5.41) is 0. The Bertz CT molecular complexity index is 543. The van der Waals surface area contributed by atoms with Crippen molar-refractivity contribution in [3.05, 3.63) is 23.8 Å². The zero-order chi connectivity index (χ0) is 13.9. The third-order valence-corrected chi connectivity index (χ3v) is 5.06. The Morgan fingerprint density at radius 3 is 2.79 bits per heavy atom. The molecule has 0 unspecified atom stereocenters. The van der Waals surface area contributed by atoms with Gasteiger partial charge in [0.2, 0.25) is 0 Å². The Labute approximate surface area is 114 Å². The first kappa shape index (κ1) is 14.1. The molecule has 0 bridgehead atoms. The van der Waals surface area contributed by atoms with Gasteiger partial charge in [0.15, 0.2) is 9.84 Å². The number of nitrogen functional groups attached to an aromatic ring is 1. The van der Waals surface area contributed by atoms with Crippen LogP contribution in [-0.2, 0) is 16.4 Å². The van der Waals surface area contributed by atoms with Gasteiger partial charge >= 0.3 is 0 Å². The molecule has 5 nitrogen and oxygen atoms in total. The molecule has 19 heavy (non-hydrogen) atoms. The summed E-state index contributed by atoms with van der Waals surface area (Å²) in [6.07, 6.45) is 0.702. The smallest absolute Gasteiger partial charge is 0.151 e. The Hall–Kier alpha value is -1.27. The van der Waals surface area contributed by atoms with Crippen molar-refractivity contribution >= 4 is 15.5 Å². The van der Waals surface area contributed by atoms with Gasteiger partial charge in [-0.25, -0.2) is 8.42 Å². The summed E-state index contributed by atoms with van der Waals surface area (Å²) in [4.78, 5) is 2.16. The molecule has 0 saturated carbocycles. The topological polar surface area (TPSA) is 72.6 Å². The van der Waals surface area contributed by atoms with Crippen molar-refractivity contribution < 1.29 is 13.2 Å². The van der Waals surface area contributed by atoms with Gasteiger partial charge < -0.3 is 10.5 Å². The van der Waals surface area contributed by atoms with Crippen molar-refractivity contribution in [1.82, 2.24) is 4.90 Å². The van der Waals surface area contributed by atoms with E-state index in [2.05, 4.69) is 4.90 Å². The van der Waals surface area contributed by atoms with Crippen LogP contribution in [0.2, 0.25) is 0 Å². The molecule has 6 heteroatoms. The molecule has 106 valence electrons. The molecule has 1 fully saturated rings. The SMILES string of the molecule is COc1ccc(CN2CCCS(=O)(=O)CC2)cc1N. The minimum Gasteiger partial charge on any atom is -0.495 e. The lowest BCUT2D eigenvalue weighted by Crippen LogP contribution is -2.26. The molecule has 0 atom stereocenters. The summed E-state index contributed by atoms with van der Waals surface area (Å²) in [6.45, 7) is 2.13. The Morgan fingerprint density at radius 2 is 2.11 bits per heavy atom. The van der Waals surface area contributed by atoms with Gasteiger partial charge in [-0.1, -0.05) is 6.07 Å². The number of nitrogens with two attached hydrogens (primary N) is 1. The second kappa shape index (κ2) is 5.79. The van der Waals surface area contributed by atoms with Gasteiger partial charge in [-0.2, -0.15) is 0 Å². The standard InChI is InChI=1S/C13H20N2O3S/c1-18-13-4-3-11(9-12(13)14)10-15-5-2-7-19(16,17)8-6-15/h3-4,9H,2,5-8,10,14H2,1H3. The lowest BCUT2D eigenvalue weighted by molar-refractivity contribution is 0.287. The molecule has 1 aromatic rings. The number of ether oxygens (including phenoxy) is 1. The van der Waals surface area contributed by atoms with E-state index in [1.54, 1.807) is 7.11 Å². The molecule has 0 spiro atoms. The van der Waals surface area contributed by atoms with Crippen molar-refractivity contribution in [2.24, 2.45) is 0 Å². The average Bonchev–Trinajstić information content (AvgIpc) is 2.51. The van der Waals surface area contributed by atoms with Crippen molar-refractivity contribution in [3.63, 3.8) is 0 Å². The molecule has 0 radical (unpaired) electrons. The minimum absolute atomic E-state index is 0.249. The number of benzene rings is 1. The maximum absolute atomic E-state index is 11.5. The second-order valence-corrected chi connectivity index (χ2v) is 7.16. The molecule has 0 amide bonds. The van der Waals surface area contributed by atoms with E-state index in [0.717, 1.165) is 18.7 Å². The predicted octanol–water partition coefficient (Wildman–Crippen LogP) is 0.898. The molecular formula is C13H20N2O3S. The van der Waals surface area contributed by atoms with E-state index >= 15 is 0 Å². The van der Waals surface area contributed by atoms with E-state index in [1.807, 2.05) is 18.2 Å². The molecule has 0 aromatic heterocycles. The maximum Gasteiger partial charge on any atom is 0.151 e. The van der Waals surface area contributed by atoms with Gasteiger partial charge in [0.25, 0.3) is 0 Å². The lowest BCUT2D eigenvalue weighted by Gasteiger charge is -2.19. The Balaban J connectivity index is 2.03. The van der Waals surface area contributed by atoms with Crippen LogP contribution in [0.25, 0.3) is 0 Å². The number of sulfone groups is 1. The van der Waals surface area contributed by atoms with Crippen LogP contribution in [0, 0.1) is 0 Å². The van der Waals surface area contributed by atoms with Crippen LogP contribution in [0.5, 0.6) is 5.75 Å². The lowest BCUT2D eigenvalue weighted by atomic mass is 10.1. The molecular weight excluding hydrogens is 264 g/mol. The number of hydrogen-bond donors (Lipinski definition) is 1. The molecule has 2 N–H and O–H groups in total. The third-order valence-electron chi connectivity index (χ3n) is 3.35. The van der Waals surface area contributed by atoms with Crippen LogP contribution in [0.1, 0.15) is 12.0 Å². The van der Waals surface area contributed by atoms with Crippen LogP contribution < -0.4 is 10.5 Å². The maximum atomic E-state index is 11.5. The summed E-state index contributed by atoms with van der Waals surface area (Å²) in [6, 6.07) is 5.70. The van der Waals surface area contributed by atoms with Gasteiger partial charge in [0, 0.05) is 13.1 Å². The van der Waals surface area contributed by atoms with Crippen LogP contribution in [0.4, 0.5) is 5.69 Å². The summed E-state index contributed by atoms with van der Waals surface area (Å²) >= 11 is 0. The van der Waals surface area contributed by atoms with Gasteiger partial charge in [0.1, 0.15) is 5.75 Å². The number of anilines is 1. The molecule has 0 aliphatic carbocycles. The zero-order valence-corrected chi connectivity index (χ0v) is 11.9. The largest absolute Gasteiger partial charge is 0.495 e. The first-order chi connectivity index (χ1) is 9.00. The van der Waals surface area contributed by atoms with E-state index in [4.69, 9.17) is 10.5 Å². The van der Waals surface area contributed by atoms with E-state index in [9.17, 15) is 8.42 Å². The number of hydrogen-bond acceptors (Lipinski definition) is 5. The fourth-order valence-electron chi connectivity index (χ4n) is 2.29. The number of methoxy groups -OCH3 is 1. The molecule has 1 aromatic carbocycles. The second-order valence-electron chi connectivity index (χ2n) is 4.86. The first-order valence-corrected chi connectivity index (χ1v) is 8.17. The van der Waals surface area contributed by atoms with Crippen molar-refractivity contribution in [1.29, 1.82) is 0 Å². The fraction of sp³-hybridized carbons (Fsp3) is 0.538. The van der Waals surface area contributed by atoms with Gasteiger partial charge in [0.05, 0.1) is 24.3 Å². The molecule has 1 heterocycles. The summed E-state index contributed by atoms with van der Waals surface area (Å²) < 4.78 is 28.2. The van der Waals surface area contributed by atoms with Gasteiger partial charge in [-0.3, -0.25) is 4.90 Å². The van der Waals surface area contributed by atoms with E-state index in [0.29, 0.717) is 30.2 Å². The van der Waals surface area contributed by atoms with Gasteiger partial charge in [-0.05, 0) is 30.7 Å². The number of nitrogens with zero attached hydrogens (tertiary/aromatic N) is 1. The third kappa shape index (κ3) is 3.84. The normalized spacial score (nSPS) is 19.8. The average molecular weight is 284 g/mol. The quantitative estimate of drug-likeness (QED) is 0.835. The highest BCUT2D eigenvalue weighted by atomic mass is 32.2. The Morgan fingerprint density at radius 1 is 1.32 bits per heavy atom. The molecule has 1 aliphatic rings.